The van der Waals surface area contributed by atoms with Gasteiger partial charge in [-0.1, -0.05) is 12.1 Å². The molecule has 0 unspecified atom stereocenters. The van der Waals surface area contributed by atoms with Crippen LogP contribution in [-0.4, -0.2) is 4.98 Å². The molecule has 3 heteroatoms. The van der Waals surface area contributed by atoms with Crippen LogP contribution in [0.25, 0.3) is 0 Å². The van der Waals surface area contributed by atoms with Crippen molar-refractivity contribution in [1.82, 2.24) is 4.98 Å². The number of oxazole rings is 1. The minimum atomic E-state index is 0.0736. The van der Waals surface area contributed by atoms with Crippen LogP contribution in [0.1, 0.15) is 24.2 Å². The third-order valence-electron chi connectivity index (χ3n) is 3.12. The van der Waals surface area contributed by atoms with Gasteiger partial charge in [0.05, 0.1) is 11.6 Å². The van der Waals surface area contributed by atoms with E-state index in [4.69, 9.17) is 10.2 Å². The number of aromatic nitrogens is 1. The zero-order chi connectivity index (χ0) is 10.3. The molecule has 15 heavy (non-hydrogen) atoms. The molecule has 0 saturated heterocycles. The van der Waals surface area contributed by atoms with Gasteiger partial charge in [0.1, 0.15) is 5.76 Å². The van der Waals surface area contributed by atoms with E-state index in [2.05, 4.69) is 17.1 Å². The van der Waals surface area contributed by atoms with E-state index >= 15 is 0 Å². The second-order valence-corrected chi connectivity index (χ2v) is 4.07. The van der Waals surface area contributed by atoms with Crippen LogP contribution in [0.2, 0.25) is 0 Å². The number of benzene rings is 1. The van der Waals surface area contributed by atoms with Gasteiger partial charge in [-0.05, 0) is 30.5 Å². The van der Waals surface area contributed by atoms with Crippen LogP contribution in [0, 0.1) is 0 Å². The van der Waals surface area contributed by atoms with Gasteiger partial charge in [0.25, 0.3) is 0 Å². The molecule has 2 aromatic rings. The van der Waals surface area contributed by atoms with Gasteiger partial charge in [0.2, 0.25) is 0 Å². The van der Waals surface area contributed by atoms with Gasteiger partial charge >= 0.3 is 0 Å². The molecule has 1 aromatic heterocycles. The summed E-state index contributed by atoms with van der Waals surface area (Å²) >= 11 is 0. The lowest BCUT2D eigenvalue weighted by Crippen LogP contribution is -2.07. The molecule has 76 valence electrons. The Morgan fingerprint density at radius 2 is 1.93 bits per heavy atom. The molecular weight excluding hydrogens is 188 g/mol. The number of nitrogens with two attached hydrogens (primary N) is 1. The summed E-state index contributed by atoms with van der Waals surface area (Å²) in [5.41, 5.74) is 7.82. The summed E-state index contributed by atoms with van der Waals surface area (Å²) in [5, 5.41) is 0. The molecule has 1 heterocycles. The molecular formula is C12H12N2O. The first-order chi connectivity index (χ1) is 7.31. The van der Waals surface area contributed by atoms with Crippen molar-refractivity contribution >= 4 is 5.69 Å². The second-order valence-electron chi connectivity index (χ2n) is 4.07. The maximum atomic E-state index is 5.67. The smallest absolute Gasteiger partial charge is 0.180 e. The quantitative estimate of drug-likeness (QED) is 0.757. The Kier molecular flexibility index (Phi) is 1.63. The molecule has 1 aliphatic carbocycles. The largest absolute Gasteiger partial charge is 0.448 e. The molecule has 0 amide bonds. The predicted molar refractivity (Wildman–Crippen MR) is 57.4 cm³/mol. The number of nitrogen functional groups attached to an aromatic ring is 1. The molecule has 1 aliphatic rings. The highest BCUT2D eigenvalue weighted by molar-refractivity contribution is 5.46. The van der Waals surface area contributed by atoms with Crippen molar-refractivity contribution in [2.45, 2.75) is 18.3 Å². The Morgan fingerprint density at radius 3 is 2.47 bits per heavy atom. The minimum absolute atomic E-state index is 0.0736. The Balaban J connectivity index is 2.04. The standard InChI is InChI=1S/C12H12N2O/c13-10-3-1-9(2-4-10)12(5-6-12)11-7-14-8-15-11/h1-4,7-8H,5-6,13H2. The molecule has 3 nitrogen and oxygen atoms in total. The molecule has 0 spiro atoms. The summed E-state index contributed by atoms with van der Waals surface area (Å²) in [6.45, 7) is 0. The fourth-order valence-electron chi connectivity index (χ4n) is 2.06. The topological polar surface area (TPSA) is 52.0 Å². The third kappa shape index (κ3) is 1.23. The van der Waals surface area contributed by atoms with E-state index < -0.39 is 0 Å². The summed E-state index contributed by atoms with van der Waals surface area (Å²) in [7, 11) is 0. The van der Waals surface area contributed by atoms with Gasteiger partial charge in [-0.3, -0.25) is 0 Å². The van der Waals surface area contributed by atoms with E-state index in [9.17, 15) is 0 Å². The maximum Gasteiger partial charge on any atom is 0.180 e. The Hall–Kier alpha value is -1.77. The van der Waals surface area contributed by atoms with E-state index in [-0.39, 0.29) is 5.41 Å². The van der Waals surface area contributed by atoms with Crippen LogP contribution in [-0.2, 0) is 5.41 Å². The number of nitrogens with zero attached hydrogens (tertiary/aromatic N) is 1. The van der Waals surface area contributed by atoms with Crippen molar-refractivity contribution in [3.05, 3.63) is 48.2 Å². The number of rotatable bonds is 2. The SMILES string of the molecule is Nc1ccc(C2(c3cnco3)CC2)cc1. The summed E-state index contributed by atoms with van der Waals surface area (Å²) in [4.78, 5) is 3.98. The zero-order valence-electron chi connectivity index (χ0n) is 8.31. The van der Waals surface area contributed by atoms with Crippen LogP contribution < -0.4 is 5.73 Å². The van der Waals surface area contributed by atoms with Crippen molar-refractivity contribution in [3.8, 4) is 0 Å². The third-order valence-corrected chi connectivity index (χ3v) is 3.12. The number of anilines is 1. The van der Waals surface area contributed by atoms with Crippen molar-refractivity contribution < 1.29 is 4.42 Å². The molecule has 0 aliphatic heterocycles. The second kappa shape index (κ2) is 2.86. The van der Waals surface area contributed by atoms with Gasteiger partial charge in [0, 0.05) is 5.69 Å². The molecule has 0 radical (unpaired) electrons. The van der Waals surface area contributed by atoms with Gasteiger partial charge in [-0.15, -0.1) is 0 Å². The lowest BCUT2D eigenvalue weighted by atomic mass is 9.93. The molecule has 0 atom stereocenters. The van der Waals surface area contributed by atoms with Crippen LogP contribution >= 0.6 is 0 Å². The van der Waals surface area contributed by atoms with E-state index in [0.29, 0.717) is 0 Å². The normalized spacial score (nSPS) is 17.6. The van der Waals surface area contributed by atoms with Crippen LogP contribution in [0.3, 0.4) is 0 Å². The Bertz CT molecular complexity index is 455. The van der Waals surface area contributed by atoms with Gasteiger partial charge in [-0.2, -0.15) is 0 Å². The average molecular weight is 200 g/mol. The van der Waals surface area contributed by atoms with Gasteiger partial charge < -0.3 is 10.2 Å². The summed E-state index contributed by atoms with van der Waals surface area (Å²) in [6, 6.07) is 8.02. The molecule has 1 saturated carbocycles. The lowest BCUT2D eigenvalue weighted by molar-refractivity contribution is 0.474. The first-order valence-corrected chi connectivity index (χ1v) is 5.06. The summed E-state index contributed by atoms with van der Waals surface area (Å²) in [6.07, 6.45) is 5.56. The summed E-state index contributed by atoms with van der Waals surface area (Å²) < 4.78 is 5.40. The van der Waals surface area contributed by atoms with Crippen molar-refractivity contribution in [2.75, 3.05) is 5.73 Å². The highest BCUT2D eigenvalue weighted by Gasteiger charge is 2.48. The highest BCUT2D eigenvalue weighted by Crippen LogP contribution is 2.53. The molecule has 0 bridgehead atoms. The van der Waals surface area contributed by atoms with Crippen molar-refractivity contribution in [3.63, 3.8) is 0 Å². The van der Waals surface area contributed by atoms with Crippen LogP contribution in [0.4, 0.5) is 5.69 Å². The van der Waals surface area contributed by atoms with E-state index in [1.807, 2.05) is 18.3 Å². The molecule has 2 N–H and O–H groups in total. The van der Waals surface area contributed by atoms with E-state index in [1.165, 1.54) is 12.0 Å². The number of hydrogen-bond donors (Lipinski definition) is 1. The Morgan fingerprint density at radius 1 is 1.20 bits per heavy atom. The fourth-order valence-corrected chi connectivity index (χ4v) is 2.06. The highest BCUT2D eigenvalue weighted by atomic mass is 16.3. The monoisotopic (exact) mass is 200 g/mol. The first-order valence-electron chi connectivity index (χ1n) is 5.06. The molecule has 1 aromatic carbocycles. The molecule has 3 rings (SSSR count). The van der Waals surface area contributed by atoms with Gasteiger partial charge in [-0.25, -0.2) is 4.98 Å². The van der Waals surface area contributed by atoms with Crippen molar-refractivity contribution in [1.29, 1.82) is 0 Å². The van der Waals surface area contributed by atoms with Crippen LogP contribution in [0.5, 0.6) is 0 Å². The zero-order valence-corrected chi connectivity index (χ0v) is 8.31. The average Bonchev–Trinajstić information content (AvgIpc) is 2.88. The number of hydrogen-bond acceptors (Lipinski definition) is 3. The lowest BCUT2D eigenvalue weighted by Gasteiger charge is -2.11. The maximum absolute atomic E-state index is 5.67. The minimum Gasteiger partial charge on any atom is -0.448 e. The van der Waals surface area contributed by atoms with Gasteiger partial charge in [0.15, 0.2) is 6.39 Å². The molecule has 1 fully saturated rings. The van der Waals surface area contributed by atoms with Crippen LogP contribution in [0.15, 0.2) is 41.3 Å². The first kappa shape index (κ1) is 8.53. The van der Waals surface area contributed by atoms with Crippen molar-refractivity contribution in [2.24, 2.45) is 0 Å². The fraction of sp³-hybridized carbons (Fsp3) is 0.250. The summed E-state index contributed by atoms with van der Waals surface area (Å²) in [5.74, 6) is 0.965. The van der Waals surface area contributed by atoms with E-state index in [0.717, 1.165) is 24.3 Å². The Labute approximate surface area is 87.9 Å². The predicted octanol–water partition coefficient (Wildman–Crippen LogP) is 2.34. The van der Waals surface area contributed by atoms with E-state index in [1.54, 1.807) is 0 Å².